The van der Waals surface area contributed by atoms with Crippen molar-refractivity contribution in [2.45, 2.75) is 189 Å². The highest BCUT2D eigenvalue weighted by molar-refractivity contribution is 6.74. The molecule has 4 atom stereocenters. The Morgan fingerprint density at radius 1 is 0.826 bits per heavy atom. The Morgan fingerprint density at radius 2 is 1.39 bits per heavy atom. The highest BCUT2D eigenvalue weighted by Gasteiger charge is 2.39. The molecular weight excluding hydrogens is 605 g/mol. The van der Waals surface area contributed by atoms with Gasteiger partial charge in [-0.05, 0) is 116 Å². The number of hydrogen-bond acceptors (Lipinski definition) is 5. The van der Waals surface area contributed by atoms with Crippen LogP contribution in [-0.4, -0.2) is 46.2 Å². The second-order valence-corrected chi connectivity index (χ2v) is 24.3. The maximum atomic E-state index is 13.5. The molecular formula is C39H72O5Si2. The van der Waals surface area contributed by atoms with E-state index in [1.54, 1.807) is 0 Å². The molecule has 0 radical (unpaired) electrons. The molecule has 1 rings (SSSR count). The maximum absolute atomic E-state index is 13.5. The van der Waals surface area contributed by atoms with Gasteiger partial charge in [-0.1, -0.05) is 83.9 Å². The van der Waals surface area contributed by atoms with Gasteiger partial charge in [-0.15, -0.1) is 0 Å². The molecule has 0 aliphatic heterocycles. The lowest BCUT2D eigenvalue weighted by molar-refractivity contribution is -0.162. The molecule has 5 nitrogen and oxygen atoms in total. The van der Waals surface area contributed by atoms with Gasteiger partial charge >= 0.3 is 5.97 Å². The van der Waals surface area contributed by atoms with E-state index in [2.05, 4.69) is 80.5 Å². The van der Waals surface area contributed by atoms with Crippen molar-refractivity contribution < 1.29 is 23.2 Å². The van der Waals surface area contributed by atoms with Crippen LogP contribution in [0.2, 0.25) is 36.3 Å². The summed E-state index contributed by atoms with van der Waals surface area (Å²) >= 11 is 0. The largest absolute Gasteiger partial charge is 0.459 e. The Bertz CT molecular complexity index is 984. The third kappa shape index (κ3) is 14.5. The smallest absolute Gasteiger partial charge is 0.317 e. The highest BCUT2D eigenvalue weighted by Crippen LogP contribution is 2.34. The fourth-order valence-corrected chi connectivity index (χ4v) is 12.4. The van der Waals surface area contributed by atoms with E-state index in [1.165, 1.54) is 11.1 Å². The zero-order valence-corrected chi connectivity index (χ0v) is 34.1. The molecule has 1 unspecified atom stereocenters. The molecule has 1 aliphatic rings. The van der Waals surface area contributed by atoms with Crippen LogP contribution < -0.4 is 0 Å². The summed E-state index contributed by atoms with van der Waals surface area (Å²) in [7, 11) is -3.87. The second kappa shape index (κ2) is 20.9. The normalized spacial score (nSPS) is 26.9. The lowest BCUT2D eigenvalue weighted by Crippen LogP contribution is -2.47. The van der Waals surface area contributed by atoms with E-state index in [9.17, 15) is 9.59 Å². The number of Topliss-reactive ketones (excluding diaryl/α,β-unsaturated/α-hetero) is 1. The number of ether oxygens (including phenoxy) is 1. The molecule has 0 amide bonds. The molecule has 0 saturated heterocycles. The van der Waals surface area contributed by atoms with Crippen LogP contribution in [0.3, 0.4) is 0 Å². The Kier molecular flexibility index (Phi) is 19.5. The van der Waals surface area contributed by atoms with Gasteiger partial charge in [0.25, 0.3) is 0 Å². The van der Waals surface area contributed by atoms with E-state index in [1.807, 2.05) is 26.8 Å². The van der Waals surface area contributed by atoms with Gasteiger partial charge < -0.3 is 13.6 Å². The number of esters is 1. The molecule has 0 aromatic rings. The molecule has 0 saturated carbocycles. The predicted octanol–water partition coefficient (Wildman–Crippen LogP) is 11.5. The summed E-state index contributed by atoms with van der Waals surface area (Å²) in [6.07, 6.45) is 15.2. The minimum absolute atomic E-state index is 0.0215. The number of rotatable bonds is 11. The van der Waals surface area contributed by atoms with Gasteiger partial charge in [-0.25, -0.2) is 0 Å². The molecule has 0 bridgehead atoms. The molecule has 0 aromatic carbocycles. The number of hydrogen-bond donors (Lipinski definition) is 0. The fraction of sp³-hybridized carbons (Fsp3) is 0.795. The van der Waals surface area contributed by atoms with Crippen molar-refractivity contribution in [3.8, 4) is 0 Å². The second-order valence-electron chi connectivity index (χ2n) is 14.9. The summed E-state index contributed by atoms with van der Waals surface area (Å²) in [4.78, 5) is 26.9. The first kappa shape index (κ1) is 42.7. The van der Waals surface area contributed by atoms with Crippen molar-refractivity contribution in [3.63, 3.8) is 0 Å². The Morgan fingerprint density at radius 3 is 1.93 bits per heavy atom. The van der Waals surface area contributed by atoms with Crippen molar-refractivity contribution in [2.24, 2.45) is 11.8 Å². The Balaban J connectivity index is 3.69. The van der Waals surface area contributed by atoms with Crippen LogP contribution in [0.5, 0.6) is 0 Å². The first-order valence-electron chi connectivity index (χ1n) is 18.7. The van der Waals surface area contributed by atoms with Gasteiger partial charge in [-0.2, -0.15) is 0 Å². The summed E-state index contributed by atoms with van der Waals surface area (Å²) in [5.74, 6) is -1.10. The monoisotopic (exact) mass is 676 g/mol. The SMILES string of the molecule is CC[Si](CC)(CC)OC1CC/C(C)=C/C/C(C)=C/CCCCC(=O)[C@H](C(=O)OC(C)(C)C)C/C=C/[C@@H](O[Si](CC)(CC)CC)[C@@H]1C. The standard InChI is InChI=1S/C39H72O5Si2/c1-13-45(14-2,15-3)43-36-26-22-24-34(38(41)42-39(10,11)12)35(40)25-21-19-20-23-31(7)27-28-32(8)29-30-37(33(36)9)44-46(16-4,17-5)18-6/h22-23,26,28,33-34,36-37H,13-21,24-25,27,29-30H2,1-12H3/b26-22+,31-23+,32-28+/t33-,34+,36+,37?/m0/s1. The fourth-order valence-electron chi connectivity index (χ4n) is 6.51. The number of ketones is 1. The zero-order valence-electron chi connectivity index (χ0n) is 32.1. The highest BCUT2D eigenvalue weighted by atomic mass is 28.4. The molecule has 7 heteroatoms. The first-order valence-corrected chi connectivity index (χ1v) is 23.8. The van der Waals surface area contributed by atoms with Crippen molar-refractivity contribution in [3.05, 3.63) is 35.5 Å². The summed E-state index contributed by atoms with van der Waals surface area (Å²) in [5.41, 5.74) is 2.14. The molecule has 0 heterocycles. The van der Waals surface area contributed by atoms with E-state index in [0.717, 1.165) is 74.8 Å². The van der Waals surface area contributed by atoms with Crippen molar-refractivity contribution >= 4 is 28.4 Å². The van der Waals surface area contributed by atoms with Gasteiger partial charge in [0.05, 0.1) is 12.2 Å². The average Bonchev–Trinajstić information content (AvgIpc) is 3.02. The lowest BCUT2D eigenvalue weighted by Gasteiger charge is -2.41. The van der Waals surface area contributed by atoms with Crippen molar-refractivity contribution in [2.75, 3.05) is 0 Å². The van der Waals surface area contributed by atoms with Gasteiger partial charge in [0.15, 0.2) is 16.6 Å². The number of carbonyl (C=O) groups is 2. The Hall–Kier alpha value is -1.29. The number of allylic oxidation sites excluding steroid dienone is 5. The van der Waals surface area contributed by atoms with E-state index >= 15 is 0 Å². The molecule has 0 N–H and O–H groups in total. The Labute approximate surface area is 286 Å². The third-order valence-electron chi connectivity index (χ3n) is 10.5. The average molecular weight is 677 g/mol. The minimum atomic E-state index is -1.98. The van der Waals surface area contributed by atoms with E-state index in [0.29, 0.717) is 12.8 Å². The molecule has 46 heavy (non-hydrogen) atoms. The van der Waals surface area contributed by atoms with Gasteiger partial charge in [0.1, 0.15) is 17.3 Å². The lowest BCUT2D eigenvalue weighted by atomic mass is 9.91. The van der Waals surface area contributed by atoms with Crippen LogP contribution >= 0.6 is 0 Å². The maximum Gasteiger partial charge on any atom is 0.317 e. The van der Waals surface area contributed by atoms with Crippen LogP contribution in [0.4, 0.5) is 0 Å². The third-order valence-corrected chi connectivity index (χ3v) is 19.8. The van der Waals surface area contributed by atoms with E-state index < -0.39 is 34.1 Å². The summed E-state index contributed by atoms with van der Waals surface area (Å²) in [5, 5.41) is 0. The van der Waals surface area contributed by atoms with Gasteiger partial charge in [-0.3, -0.25) is 9.59 Å². The zero-order chi connectivity index (χ0) is 35.0. The van der Waals surface area contributed by atoms with Crippen LogP contribution in [0.15, 0.2) is 35.5 Å². The van der Waals surface area contributed by atoms with Crippen LogP contribution in [-0.2, 0) is 23.2 Å². The first-order chi connectivity index (χ1) is 21.6. The van der Waals surface area contributed by atoms with Crippen molar-refractivity contribution in [1.29, 1.82) is 0 Å². The van der Waals surface area contributed by atoms with Gasteiger partial charge in [0, 0.05) is 12.3 Å². The predicted molar refractivity (Wildman–Crippen MR) is 201 cm³/mol. The van der Waals surface area contributed by atoms with E-state index in [-0.39, 0.29) is 23.9 Å². The molecule has 0 spiro atoms. The minimum Gasteiger partial charge on any atom is -0.459 e. The van der Waals surface area contributed by atoms with Crippen LogP contribution in [0.25, 0.3) is 0 Å². The van der Waals surface area contributed by atoms with E-state index in [4.69, 9.17) is 13.6 Å². The molecule has 0 fully saturated rings. The summed E-state index contributed by atoms with van der Waals surface area (Å²) in [6, 6.07) is 6.53. The summed E-state index contributed by atoms with van der Waals surface area (Å²) in [6.45, 7) is 26.1. The van der Waals surface area contributed by atoms with Gasteiger partial charge in [0.2, 0.25) is 0 Å². The molecule has 0 aromatic heterocycles. The van der Waals surface area contributed by atoms with Crippen LogP contribution in [0.1, 0.15) is 134 Å². The summed E-state index contributed by atoms with van der Waals surface area (Å²) < 4.78 is 20.3. The van der Waals surface area contributed by atoms with Crippen molar-refractivity contribution in [1.82, 2.24) is 0 Å². The topological polar surface area (TPSA) is 61.8 Å². The van der Waals surface area contributed by atoms with Crippen LogP contribution in [0, 0.1) is 11.8 Å². The molecule has 266 valence electrons. The quantitative estimate of drug-likeness (QED) is 0.0943. The molecule has 1 aliphatic carbocycles. The number of carbonyl (C=O) groups excluding carboxylic acids is 2.